The summed E-state index contributed by atoms with van der Waals surface area (Å²) in [6.07, 6.45) is 0.404. The van der Waals surface area contributed by atoms with Gasteiger partial charge in [-0.15, -0.1) is 0 Å². The van der Waals surface area contributed by atoms with Gasteiger partial charge in [0, 0.05) is 49.2 Å². The number of rotatable bonds is 3. The van der Waals surface area contributed by atoms with Gasteiger partial charge in [-0.3, -0.25) is 9.59 Å². The Morgan fingerprint density at radius 1 is 1.47 bits per heavy atom. The lowest BCUT2D eigenvalue weighted by molar-refractivity contribution is -0.134. The van der Waals surface area contributed by atoms with Crippen molar-refractivity contribution >= 4 is 17.2 Å². The lowest BCUT2D eigenvalue weighted by Gasteiger charge is -2.34. The van der Waals surface area contributed by atoms with E-state index in [0.717, 1.165) is 30.2 Å². The Balaban J connectivity index is 1.98. The van der Waals surface area contributed by atoms with Gasteiger partial charge in [0.25, 0.3) is 0 Å². The minimum Gasteiger partial charge on any atom is -0.337 e. The van der Waals surface area contributed by atoms with Gasteiger partial charge in [0.15, 0.2) is 0 Å². The fraction of sp³-hybridized carbons (Fsp3) is 0.692. The van der Waals surface area contributed by atoms with E-state index in [2.05, 4.69) is 12.2 Å². The van der Waals surface area contributed by atoms with Crippen LogP contribution >= 0.6 is 11.3 Å². The van der Waals surface area contributed by atoms with Gasteiger partial charge in [0.05, 0.1) is 0 Å². The topological polar surface area (TPSA) is 54.3 Å². The number of hydrogen-bond donors (Lipinski definition) is 1. The third-order valence-electron chi connectivity index (χ3n) is 3.75. The highest BCUT2D eigenvalue weighted by Crippen LogP contribution is 2.11. The minimum absolute atomic E-state index is 0.0381. The van der Waals surface area contributed by atoms with Gasteiger partial charge < -0.3 is 14.8 Å². The van der Waals surface area contributed by atoms with Crippen LogP contribution in [-0.4, -0.2) is 41.1 Å². The van der Waals surface area contributed by atoms with Crippen LogP contribution in [0.25, 0.3) is 0 Å². The van der Waals surface area contributed by atoms with Crippen LogP contribution in [0.5, 0.6) is 0 Å². The summed E-state index contributed by atoms with van der Waals surface area (Å²) in [7, 11) is 0. The maximum atomic E-state index is 12.2. The van der Waals surface area contributed by atoms with Crippen molar-refractivity contribution in [2.24, 2.45) is 0 Å². The molecule has 1 aromatic heterocycles. The lowest BCUT2D eigenvalue weighted by atomic mass is 10.2. The Morgan fingerprint density at radius 2 is 2.21 bits per heavy atom. The van der Waals surface area contributed by atoms with E-state index in [1.165, 1.54) is 11.3 Å². The number of hydrogen-bond acceptors (Lipinski definition) is 4. The molecule has 0 saturated carbocycles. The molecule has 1 fully saturated rings. The highest BCUT2D eigenvalue weighted by atomic mass is 32.1. The van der Waals surface area contributed by atoms with Crippen molar-refractivity contribution in [3.8, 4) is 0 Å². The first kappa shape index (κ1) is 14.3. The first-order valence-corrected chi connectivity index (χ1v) is 7.49. The Morgan fingerprint density at radius 3 is 2.79 bits per heavy atom. The van der Waals surface area contributed by atoms with E-state index in [4.69, 9.17) is 0 Å². The number of carbonyl (C=O) groups excluding carboxylic acids is 1. The van der Waals surface area contributed by atoms with E-state index >= 15 is 0 Å². The largest absolute Gasteiger partial charge is 0.337 e. The summed E-state index contributed by atoms with van der Waals surface area (Å²) < 4.78 is 1.71. The quantitative estimate of drug-likeness (QED) is 0.890. The highest BCUT2D eigenvalue weighted by molar-refractivity contribution is 7.09. The molecule has 1 N–H and O–H groups in total. The molecule has 2 heterocycles. The Kier molecular flexibility index (Phi) is 4.42. The molecule has 1 aromatic rings. The lowest BCUT2D eigenvalue weighted by Crippen LogP contribution is -2.52. The van der Waals surface area contributed by atoms with E-state index in [-0.39, 0.29) is 16.8 Å². The molecule has 5 nitrogen and oxygen atoms in total. The summed E-state index contributed by atoms with van der Waals surface area (Å²) in [5.41, 5.74) is 0.983. The average molecular weight is 283 g/mol. The van der Waals surface area contributed by atoms with Crippen LogP contribution < -0.4 is 10.2 Å². The molecule has 1 amide bonds. The number of aryl methyl sites for hydroxylation is 1. The van der Waals surface area contributed by atoms with Crippen molar-refractivity contribution in [2.45, 2.75) is 39.8 Å². The molecule has 0 aromatic carbocycles. The van der Waals surface area contributed by atoms with Crippen molar-refractivity contribution < 1.29 is 4.79 Å². The molecule has 6 heteroatoms. The molecule has 0 radical (unpaired) electrons. The van der Waals surface area contributed by atoms with E-state index in [0.29, 0.717) is 13.0 Å². The van der Waals surface area contributed by atoms with Crippen molar-refractivity contribution in [1.29, 1.82) is 0 Å². The molecule has 1 aliphatic rings. The summed E-state index contributed by atoms with van der Waals surface area (Å²) in [6.45, 7) is 8.88. The van der Waals surface area contributed by atoms with Crippen LogP contribution in [0.2, 0.25) is 0 Å². The van der Waals surface area contributed by atoms with Crippen LogP contribution in [0, 0.1) is 13.8 Å². The first-order valence-electron chi connectivity index (χ1n) is 6.67. The maximum absolute atomic E-state index is 12.2. The molecular weight excluding hydrogens is 262 g/mol. The molecule has 1 unspecified atom stereocenters. The molecule has 19 heavy (non-hydrogen) atoms. The third-order valence-corrected chi connectivity index (χ3v) is 4.74. The second-order valence-electron chi connectivity index (χ2n) is 5.05. The number of piperazine rings is 1. The van der Waals surface area contributed by atoms with Crippen LogP contribution in [0.15, 0.2) is 4.79 Å². The fourth-order valence-corrected chi connectivity index (χ4v) is 3.27. The van der Waals surface area contributed by atoms with Crippen LogP contribution in [0.3, 0.4) is 0 Å². The number of aromatic nitrogens is 1. The van der Waals surface area contributed by atoms with Crippen molar-refractivity contribution in [2.75, 3.05) is 19.6 Å². The summed E-state index contributed by atoms with van der Waals surface area (Å²) in [5, 5.41) is 3.27. The molecule has 2 rings (SSSR count). The zero-order valence-corrected chi connectivity index (χ0v) is 12.5. The van der Waals surface area contributed by atoms with Gasteiger partial charge in [-0.2, -0.15) is 0 Å². The smallest absolute Gasteiger partial charge is 0.307 e. The zero-order chi connectivity index (χ0) is 14.0. The second-order valence-corrected chi connectivity index (χ2v) is 6.22. The normalized spacial score (nSPS) is 19.7. The number of amides is 1. The number of thiazole rings is 1. The predicted octanol–water partition coefficient (Wildman–Crippen LogP) is 0.737. The summed E-state index contributed by atoms with van der Waals surface area (Å²) >= 11 is 1.26. The second kappa shape index (κ2) is 5.88. The average Bonchev–Trinajstić information content (AvgIpc) is 2.61. The molecular formula is C13H21N3O2S. The minimum atomic E-state index is 0.0381. The van der Waals surface area contributed by atoms with Crippen molar-refractivity contribution in [3.63, 3.8) is 0 Å². The Labute approximate surface area is 117 Å². The van der Waals surface area contributed by atoms with Gasteiger partial charge in [0.2, 0.25) is 5.91 Å². The van der Waals surface area contributed by atoms with E-state index < -0.39 is 0 Å². The monoisotopic (exact) mass is 283 g/mol. The van der Waals surface area contributed by atoms with E-state index in [1.807, 2.05) is 18.7 Å². The molecule has 106 valence electrons. The molecule has 0 spiro atoms. The molecule has 1 atom stereocenters. The van der Waals surface area contributed by atoms with Gasteiger partial charge in [-0.1, -0.05) is 11.3 Å². The molecule has 1 saturated heterocycles. The van der Waals surface area contributed by atoms with Gasteiger partial charge in [0.1, 0.15) is 0 Å². The van der Waals surface area contributed by atoms with Crippen LogP contribution in [0.4, 0.5) is 0 Å². The predicted molar refractivity (Wildman–Crippen MR) is 76.7 cm³/mol. The van der Waals surface area contributed by atoms with Crippen molar-refractivity contribution in [1.82, 2.24) is 14.8 Å². The van der Waals surface area contributed by atoms with Gasteiger partial charge in [-0.05, 0) is 20.8 Å². The molecule has 0 aliphatic carbocycles. The van der Waals surface area contributed by atoms with E-state index in [1.54, 1.807) is 4.57 Å². The number of nitrogens with zero attached hydrogens (tertiary/aromatic N) is 2. The number of carbonyl (C=O) groups is 1. The Bertz CT molecular complexity index is 520. The standard InChI is InChI=1S/C13H21N3O2S/c1-9-8-14-5-7-15(9)12(17)4-6-16-10(2)11(3)19-13(16)18/h9,14H,4-8H2,1-3H3. The van der Waals surface area contributed by atoms with Gasteiger partial charge in [-0.25, -0.2) is 0 Å². The maximum Gasteiger partial charge on any atom is 0.307 e. The van der Waals surface area contributed by atoms with Crippen molar-refractivity contribution in [3.05, 3.63) is 20.2 Å². The van der Waals surface area contributed by atoms with Gasteiger partial charge >= 0.3 is 4.87 Å². The summed E-state index contributed by atoms with van der Waals surface area (Å²) in [4.78, 5) is 26.9. The third kappa shape index (κ3) is 3.06. The number of nitrogens with one attached hydrogen (secondary N) is 1. The highest BCUT2D eigenvalue weighted by Gasteiger charge is 2.22. The van der Waals surface area contributed by atoms with E-state index in [9.17, 15) is 9.59 Å². The van der Waals surface area contributed by atoms with Crippen LogP contribution in [0.1, 0.15) is 23.9 Å². The first-order chi connectivity index (χ1) is 9.00. The molecule has 1 aliphatic heterocycles. The SMILES string of the molecule is Cc1sc(=O)n(CCC(=O)N2CCNCC2C)c1C. The summed E-state index contributed by atoms with van der Waals surface area (Å²) in [6, 6.07) is 0.239. The Hall–Kier alpha value is -1.14. The zero-order valence-electron chi connectivity index (χ0n) is 11.7. The van der Waals surface area contributed by atoms with Crippen LogP contribution in [-0.2, 0) is 11.3 Å². The summed E-state index contributed by atoms with van der Waals surface area (Å²) in [5.74, 6) is 0.143. The fourth-order valence-electron chi connectivity index (χ4n) is 2.41. The molecule has 0 bridgehead atoms.